The van der Waals surface area contributed by atoms with Crippen LogP contribution in [-0.2, 0) is 6.54 Å². The Labute approximate surface area is 126 Å². The molecular formula is C13H21BrN4O2. The summed E-state index contributed by atoms with van der Waals surface area (Å²) < 4.78 is 1.77. The number of piperidine rings is 1. The van der Waals surface area contributed by atoms with Crippen molar-refractivity contribution >= 4 is 21.6 Å². The van der Waals surface area contributed by atoms with Gasteiger partial charge in [0.25, 0.3) is 5.56 Å². The van der Waals surface area contributed by atoms with Crippen molar-refractivity contribution in [3.05, 3.63) is 21.0 Å². The lowest BCUT2D eigenvalue weighted by atomic mass is 9.93. The Balaban J connectivity index is 2.32. The number of nitrogens with zero attached hydrogens (tertiary/aromatic N) is 3. The molecule has 2 unspecified atom stereocenters. The topological polar surface area (TPSA) is 84.4 Å². The molecule has 0 saturated carbocycles. The van der Waals surface area contributed by atoms with E-state index in [1.807, 2.05) is 0 Å². The summed E-state index contributed by atoms with van der Waals surface area (Å²) in [6.45, 7) is 3.77. The first-order valence-corrected chi connectivity index (χ1v) is 7.71. The molecule has 0 bridgehead atoms. The Morgan fingerprint density at radius 1 is 1.55 bits per heavy atom. The number of rotatable bonds is 4. The third-order valence-electron chi connectivity index (χ3n) is 3.90. The van der Waals surface area contributed by atoms with Crippen LogP contribution >= 0.6 is 15.9 Å². The second kappa shape index (κ2) is 6.69. The van der Waals surface area contributed by atoms with Gasteiger partial charge in [0.05, 0.1) is 25.0 Å². The molecule has 20 heavy (non-hydrogen) atoms. The van der Waals surface area contributed by atoms with Crippen molar-refractivity contribution in [3.8, 4) is 0 Å². The van der Waals surface area contributed by atoms with Crippen LogP contribution in [0, 0.1) is 5.92 Å². The largest absolute Gasteiger partial charge is 0.394 e. The molecule has 6 nitrogen and oxygen atoms in total. The minimum absolute atomic E-state index is 0.103. The Kier molecular flexibility index (Phi) is 5.17. The van der Waals surface area contributed by atoms with Crippen molar-refractivity contribution < 1.29 is 5.11 Å². The van der Waals surface area contributed by atoms with Crippen LogP contribution in [0.1, 0.15) is 19.8 Å². The quantitative estimate of drug-likeness (QED) is 0.833. The zero-order chi connectivity index (χ0) is 14.7. The van der Waals surface area contributed by atoms with Crippen LogP contribution in [0.3, 0.4) is 0 Å². The molecule has 1 fully saturated rings. The van der Waals surface area contributed by atoms with Crippen LogP contribution in [0.4, 0.5) is 5.69 Å². The third-order valence-corrected chi connectivity index (χ3v) is 4.65. The fourth-order valence-corrected chi connectivity index (χ4v) is 3.16. The maximum atomic E-state index is 12.2. The van der Waals surface area contributed by atoms with E-state index in [1.165, 1.54) is 4.68 Å². The molecule has 2 heterocycles. The van der Waals surface area contributed by atoms with Gasteiger partial charge in [0.15, 0.2) is 0 Å². The molecule has 2 rings (SSSR count). The SMILES string of the molecule is CC1CCC(CN)CN1c1cnn(CCO)c(=O)c1Br. The van der Waals surface area contributed by atoms with E-state index >= 15 is 0 Å². The monoisotopic (exact) mass is 344 g/mol. The van der Waals surface area contributed by atoms with Crippen molar-refractivity contribution in [1.82, 2.24) is 9.78 Å². The molecule has 0 aliphatic carbocycles. The number of hydrogen-bond acceptors (Lipinski definition) is 5. The first-order chi connectivity index (χ1) is 9.58. The van der Waals surface area contributed by atoms with E-state index in [4.69, 9.17) is 10.8 Å². The average Bonchev–Trinajstić information content (AvgIpc) is 2.45. The molecule has 0 aromatic carbocycles. The summed E-state index contributed by atoms with van der Waals surface area (Å²) in [5.41, 5.74) is 6.38. The highest BCUT2D eigenvalue weighted by Crippen LogP contribution is 2.30. The molecule has 3 N–H and O–H groups in total. The Morgan fingerprint density at radius 2 is 2.30 bits per heavy atom. The average molecular weight is 345 g/mol. The maximum absolute atomic E-state index is 12.2. The summed E-state index contributed by atoms with van der Waals surface area (Å²) in [5, 5.41) is 13.1. The lowest BCUT2D eigenvalue weighted by molar-refractivity contribution is 0.266. The van der Waals surface area contributed by atoms with E-state index in [2.05, 4.69) is 32.9 Å². The predicted molar refractivity (Wildman–Crippen MR) is 81.9 cm³/mol. The zero-order valence-electron chi connectivity index (χ0n) is 11.6. The summed E-state index contributed by atoms with van der Waals surface area (Å²) in [6.07, 6.45) is 3.88. The molecule has 1 aromatic rings. The molecule has 1 aromatic heterocycles. The number of anilines is 1. The molecule has 0 radical (unpaired) electrons. The Hall–Kier alpha value is -0.920. The van der Waals surface area contributed by atoms with Gasteiger partial charge in [-0.3, -0.25) is 4.79 Å². The first kappa shape index (κ1) is 15.5. The number of aliphatic hydroxyl groups excluding tert-OH is 1. The van der Waals surface area contributed by atoms with Crippen LogP contribution in [0.2, 0.25) is 0 Å². The summed E-state index contributed by atoms with van der Waals surface area (Å²) >= 11 is 3.38. The van der Waals surface area contributed by atoms with Crippen molar-refractivity contribution in [1.29, 1.82) is 0 Å². The van der Waals surface area contributed by atoms with Gasteiger partial charge in [-0.2, -0.15) is 5.10 Å². The summed E-state index contributed by atoms with van der Waals surface area (Å²) in [6, 6.07) is 0.365. The molecule has 7 heteroatoms. The highest BCUT2D eigenvalue weighted by atomic mass is 79.9. The van der Waals surface area contributed by atoms with Crippen molar-refractivity contribution in [2.24, 2.45) is 11.7 Å². The van der Waals surface area contributed by atoms with Crippen LogP contribution in [0.25, 0.3) is 0 Å². The van der Waals surface area contributed by atoms with Gasteiger partial charge >= 0.3 is 0 Å². The summed E-state index contributed by atoms with van der Waals surface area (Å²) in [5.74, 6) is 0.456. The van der Waals surface area contributed by atoms with Gasteiger partial charge in [-0.05, 0) is 48.2 Å². The van der Waals surface area contributed by atoms with Crippen molar-refractivity contribution in [3.63, 3.8) is 0 Å². The molecular weight excluding hydrogens is 324 g/mol. The third kappa shape index (κ3) is 3.05. The van der Waals surface area contributed by atoms with E-state index in [9.17, 15) is 4.79 Å². The normalized spacial score (nSPS) is 23.1. The Bertz CT molecular complexity index is 520. The molecule has 112 valence electrons. The standard InChI is InChI=1S/C13H21BrN4O2/c1-9-2-3-10(6-15)8-17(9)11-7-16-18(4-5-19)13(20)12(11)14/h7,9-10,19H,2-6,8,15H2,1H3. The van der Waals surface area contributed by atoms with E-state index < -0.39 is 0 Å². The van der Waals surface area contributed by atoms with E-state index in [0.29, 0.717) is 23.0 Å². The van der Waals surface area contributed by atoms with Crippen LogP contribution < -0.4 is 16.2 Å². The smallest absolute Gasteiger partial charge is 0.283 e. The van der Waals surface area contributed by atoms with Crippen LogP contribution in [-0.4, -0.2) is 40.6 Å². The minimum atomic E-state index is -0.210. The van der Waals surface area contributed by atoms with Gasteiger partial charge in [-0.15, -0.1) is 0 Å². The van der Waals surface area contributed by atoms with Crippen molar-refractivity contribution in [2.75, 3.05) is 24.6 Å². The predicted octanol–water partition coefficient (Wildman–Crippen LogP) is 0.562. The van der Waals surface area contributed by atoms with Gasteiger partial charge in [0, 0.05) is 12.6 Å². The second-order valence-corrected chi connectivity index (χ2v) is 6.07. The highest BCUT2D eigenvalue weighted by Gasteiger charge is 2.27. The summed E-state index contributed by atoms with van der Waals surface area (Å²) in [7, 11) is 0. The van der Waals surface area contributed by atoms with Crippen LogP contribution in [0.15, 0.2) is 15.5 Å². The lowest BCUT2D eigenvalue weighted by Crippen LogP contribution is -2.45. The highest BCUT2D eigenvalue weighted by molar-refractivity contribution is 9.10. The number of aliphatic hydroxyl groups is 1. The fraction of sp³-hybridized carbons (Fsp3) is 0.692. The number of aromatic nitrogens is 2. The Morgan fingerprint density at radius 3 is 2.95 bits per heavy atom. The lowest BCUT2D eigenvalue weighted by Gasteiger charge is -2.39. The first-order valence-electron chi connectivity index (χ1n) is 6.91. The van der Waals surface area contributed by atoms with E-state index in [1.54, 1.807) is 6.20 Å². The fourth-order valence-electron chi connectivity index (χ4n) is 2.62. The number of hydrogen-bond donors (Lipinski definition) is 2. The van der Waals surface area contributed by atoms with Crippen LogP contribution in [0.5, 0.6) is 0 Å². The van der Waals surface area contributed by atoms with Gasteiger partial charge in [0.2, 0.25) is 0 Å². The zero-order valence-corrected chi connectivity index (χ0v) is 13.2. The van der Waals surface area contributed by atoms with Gasteiger partial charge in [-0.25, -0.2) is 4.68 Å². The molecule has 0 amide bonds. The molecule has 1 saturated heterocycles. The maximum Gasteiger partial charge on any atom is 0.283 e. The number of nitrogens with two attached hydrogens (primary N) is 1. The van der Waals surface area contributed by atoms with Gasteiger partial charge < -0.3 is 15.7 Å². The molecule has 2 atom stereocenters. The number of halogens is 1. The van der Waals surface area contributed by atoms with Crippen molar-refractivity contribution in [2.45, 2.75) is 32.4 Å². The van der Waals surface area contributed by atoms with Gasteiger partial charge in [-0.1, -0.05) is 0 Å². The molecule has 0 spiro atoms. The van der Waals surface area contributed by atoms with E-state index in [0.717, 1.165) is 25.1 Å². The van der Waals surface area contributed by atoms with E-state index in [-0.39, 0.29) is 18.7 Å². The minimum Gasteiger partial charge on any atom is -0.394 e. The van der Waals surface area contributed by atoms with Gasteiger partial charge in [0.1, 0.15) is 4.47 Å². The second-order valence-electron chi connectivity index (χ2n) is 5.28. The molecule has 1 aliphatic rings. The summed E-state index contributed by atoms with van der Waals surface area (Å²) in [4.78, 5) is 14.4. The molecule has 1 aliphatic heterocycles.